The van der Waals surface area contributed by atoms with Crippen LogP contribution in [0.4, 0.5) is 0 Å². The van der Waals surface area contributed by atoms with Gasteiger partial charge in [-0.15, -0.1) is 0 Å². The van der Waals surface area contributed by atoms with Gasteiger partial charge in [0.15, 0.2) is 0 Å². The zero-order valence-electron chi connectivity index (χ0n) is 12.5. The van der Waals surface area contributed by atoms with Crippen LogP contribution in [0.5, 0.6) is 0 Å². The average molecular weight is 255 g/mol. The molecule has 1 aliphatic carbocycles. The summed E-state index contributed by atoms with van der Waals surface area (Å²) in [5, 5.41) is 0. The van der Waals surface area contributed by atoms with Crippen LogP contribution in [0.3, 0.4) is 0 Å². The topological polar surface area (TPSA) is 0 Å². The maximum atomic E-state index is 2.44. The largest absolute Gasteiger partial charge is 0.0654 e. The molecule has 0 aliphatic heterocycles. The highest BCUT2D eigenvalue weighted by Crippen LogP contribution is 2.40. The molecule has 0 nitrogen and oxygen atoms in total. The first-order valence-electron chi connectivity index (χ1n) is 8.03. The molecule has 0 bridgehead atoms. The number of hydrogen-bond acceptors (Lipinski definition) is 0. The van der Waals surface area contributed by atoms with E-state index >= 15 is 0 Å². The van der Waals surface area contributed by atoms with E-state index in [0.29, 0.717) is 0 Å². The van der Waals surface area contributed by atoms with E-state index < -0.39 is 0 Å². The highest BCUT2D eigenvalue weighted by molar-refractivity contribution is 5.73. The van der Waals surface area contributed by atoms with Crippen LogP contribution in [0, 0.1) is 5.92 Å². The number of rotatable bonds is 8. The lowest BCUT2D eigenvalue weighted by molar-refractivity contribution is 0.669. The van der Waals surface area contributed by atoms with Crippen molar-refractivity contribution in [3.05, 3.63) is 46.9 Å². The SMILES string of the molecule is CCCCC[C]1C(CCCCC)=Cc2ccccc21. The first-order valence-corrected chi connectivity index (χ1v) is 8.03. The molecular weight excluding hydrogens is 228 g/mol. The third-order valence-electron chi connectivity index (χ3n) is 4.08. The monoisotopic (exact) mass is 255 g/mol. The van der Waals surface area contributed by atoms with E-state index in [-0.39, 0.29) is 0 Å². The molecule has 0 heterocycles. The van der Waals surface area contributed by atoms with Gasteiger partial charge in [0.25, 0.3) is 0 Å². The maximum absolute atomic E-state index is 2.44. The van der Waals surface area contributed by atoms with E-state index in [1.807, 2.05) is 0 Å². The molecule has 103 valence electrons. The number of fused-ring (bicyclic) bond motifs is 1. The van der Waals surface area contributed by atoms with Crippen molar-refractivity contribution in [2.45, 2.75) is 65.2 Å². The van der Waals surface area contributed by atoms with Crippen molar-refractivity contribution in [1.29, 1.82) is 0 Å². The van der Waals surface area contributed by atoms with E-state index in [9.17, 15) is 0 Å². The van der Waals surface area contributed by atoms with Gasteiger partial charge in [-0.1, -0.05) is 81.9 Å². The second kappa shape index (κ2) is 7.53. The van der Waals surface area contributed by atoms with Crippen LogP contribution < -0.4 is 0 Å². The summed E-state index contributed by atoms with van der Waals surface area (Å²) in [7, 11) is 0. The van der Waals surface area contributed by atoms with Crippen LogP contribution in [-0.4, -0.2) is 0 Å². The molecule has 0 N–H and O–H groups in total. The molecule has 1 radical (unpaired) electrons. The highest BCUT2D eigenvalue weighted by atomic mass is 14.3. The zero-order chi connectivity index (χ0) is 13.5. The Labute approximate surface area is 118 Å². The third kappa shape index (κ3) is 3.72. The van der Waals surface area contributed by atoms with E-state index in [1.54, 1.807) is 11.5 Å². The van der Waals surface area contributed by atoms with Gasteiger partial charge in [0.2, 0.25) is 0 Å². The van der Waals surface area contributed by atoms with Crippen molar-refractivity contribution in [3.63, 3.8) is 0 Å². The molecule has 0 unspecified atom stereocenters. The van der Waals surface area contributed by atoms with Gasteiger partial charge in [0.05, 0.1) is 0 Å². The fraction of sp³-hybridized carbons (Fsp3) is 0.526. The van der Waals surface area contributed by atoms with Crippen molar-refractivity contribution in [2.75, 3.05) is 0 Å². The van der Waals surface area contributed by atoms with Crippen LogP contribution in [-0.2, 0) is 0 Å². The Morgan fingerprint density at radius 1 is 0.789 bits per heavy atom. The first kappa shape index (κ1) is 14.4. The number of benzene rings is 1. The molecule has 1 aromatic carbocycles. The summed E-state index contributed by atoms with van der Waals surface area (Å²) in [5.74, 6) is 1.64. The van der Waals surface area contributed by atoms with Gasteiger partial charge in [-0.2, -0.15) is 0 Å². The third-order valence-corrected chi connectivity index (χ3v) is 4.08. The number of allylic oxidation sites excluding steroid dienone is 1. The van der Waals surface area contributed by atoms with Gasteiger partial charge in [-0.05, 0) is 30.4 Å². The molecule has 0 spiro atoms. The average Bonchev–Trinajstić information content (AvgIpc) is 2.78. The molecule has 19 heavy (non-hydrogen) atoms. The summed E-state index contributed by atoms with van der Waals surface area (Å²) in [6.07, 6.45) is 13.0. The Morgan fingerprint density at radius 2 is 1.47 bits per heavy atom. The second-order valence-electron chi connectivity index (χ2n) is 5.65. The Balaban J connectivity index is 2.03. The van der Waals surface area contributed by atoms with E-state index in [1.165, 1.54) is 62.5 Å². The molecule has 1 aromatic rings. The lowest BCUT2D eigenvalue weighted by Crippen LogP contribution is -2.01. The number of unbranched alkanes of at least 4 members (excludes halogenated alkanes) is 4. The van der Waals surface area contributed by atoms with Crippen LogP contribution in [0.2, 0.25) is 0 Å². The Kier molecular flexibility index (Phi) is 5.69. The minimum Gasteiger partial charge on any atom is -0.0654 e. The normalized spacial score (nSPS) is 14.5. The van der Waals surface area contributed by atoms with Gasteiger partial charge >= 0.3 is 0 Å². The molecule has 0 amide bonds. The summed E-state index contributed by atoms with van der Waals surface area (Å²) in [6, 6.07) is 8.91. The van der Waals surface area contributed by atoms with Crippen LogP contribution in [0.1, 0.15) is 76.3 Å². The van der Waals surface area contributed by atoms with Crippen molar-refractivity contribution in [3.8, 4) is 0 Å². The van der Waals surface area contributed by atoms with Gasteiger partial charge < -0.3 is 0 Å². The zero-order valence-corrected chi connectivity index (χ0v) is 12.5. The molecule has 0 aromatic heterocycles. The minimum absolute atomic E-state index is 1.27. The molecule has 0 heteroatoms. The summed E-state index contributed by atoms with van der Waals surface area (Å²) in [6.45, 7) is 4.56. The fourth-order valence-electron chi connectivity index (χ4n) is 2.98. The van der Waals surface area contributed by atoms with Crippen LogP contribution >= 0.6 is 0 Å². The number of hydrogen-bond donors (Lipinski definition) is 0. The van der Waals surface area contributed by atoms with E-state index in [2.05, 4.69) is 44.2 Å². The fourth-order valence-corrected chi connectivity index (χ4v) is 2.98. The van der Waals surface area contributed by atoms with Gasteiger partial charge in [-0.3, -0.25) is 0 Å². The molecular formula is C19H27. The Morgan fingerprint density at radius 3 is 2.21 bits per heavy atom. The summed E-state index contributed by atoms with van der Waals surface area (Å²) in [5.41, 5.74) is 4.57. The Hall–Kier alpha value is -1.04. The quantitative estimate of drug-likeness (QED) is 0.487. The van der Waals surface area contributed by atoms with Crippen molar-refractivity contribution >= 4 is 6.08 Å². The molecule has 0 saturated heterocycles. The first-order chi connectivity index (χ1) is 9.36. The van der Waals surface area contributed by atoms with Gasteiger partial charge in [0.1, 0.15) is 0 Å². The standard InChI is InChI=1S/C19H27/c1-3-5-7-11-16-15-17-12-9-10-14-19(17)18(16)13-8-6-4-2/h9-10,12,14-15H,3-8,11,13H2,1-2H3. The molecule has 0 saturated carbocycles. The van der Waals surface area contributed by atoms with Crippen LogP contribution in [0.15, 0.2) is 29.8 Å². The predicted octanol–water partition coefficient (Wildman–Crippen LogP) is 6.17. The van der Waals surface area contributed by atoms with Crippen LogP contribution in [0.25, 0.3) is 6.08 Å². The van der Waals surface area contributed by atoms with E-state index in [4.69, 9.17) is 0 Å². The minimum atomic E-state index is 1.27. The molecule has 2 rings (SSSR count). The molecule has 0 atom stereocenters. The smallest absolute Gasteiger partial charge is 0.0305 e. The maximum Gasteiger partial charge on any atom is 0.0305 e. The highest BCUT2D eigenvalue weighted by Gasteiger charge is 2.24. The Bertz CT molecular complexity index is 414. The van der Waals surface area contributed by atoms with Crippen molar-refractivity contribution < 1.29 is 0 Å². The predicted molar refractivity (Wildman–Crippen MR) is 85.0 cm³/mol. The van der Waals surface area contributed by atoms with E-state index in [0.717, 1.165) is 0 Å². The van der Waals surface area contributed by atoms with Gasteiger partial charge in [-0.25, -0.2) is 0 Å². The molecule has 1 aliphatic rings. The summed E-state index contributed by atoms with van der Waals surface area (Å²) in [4.78, 5) is 0. The van der Waals surface area contributed by atoms with Gasteiger partial charge in [0, 0.05) is 5.92 Å². The lowest BCUT2D eigenvalue weighted by Gasteiger charge is -2.16. The van der Waals surface area contributed by atoms with Crippen molar-refractivity contribution in [2.24, 2.45) is 0 Å². The summed E-state index contributed by atoms with van der Waals surface area (Å²) < 4.78 is 0. The van der Waals surface area contributed by atoms with Crippen molar-refractivity contribution in [1.82, 2.24) is 0 Å². The lowest BCUT2D eigenvalue weighted by atomic mass is 9.88. The summed E-state index contributed by atoms with van der Waals surface area (Å²) >= 11 is 0. The molecule has 0 fully saturated rings. The second-order valence-corrected chi connectivity index (χ2v) is 5.65.